The van der Waals surface area contributed by atoms with Gasteiger partial charge < -0.3 is 20.4 Å². The highest BCUT2D eigenvalue weighted by atomic mass is 19.1. The first kappa shape index (κ1) is 32.1. The first-order valence-corrected chi connectivity index (χ1v) is 15.1. The van der Waals surface area contributed by atoms with E-state index < -0.39 is 30.7 Å². The smallest absolute Gasteiger partial charge is 0.246 e. The van der Waals surface area contributed by atoms with Gasteiger partial charge in [-0.2, -0.15) is 0 Å². The molecule has 1 aliphatic rings. The molecule has 0 spiro atoms. The van der Waals surface area contributed by atoms with Crippen LogP contribution in [0.25, 0.3) is 10.8 Å². The number of piperazine rings is 1. The minimum absolute atomic E-state index is 0.00143. The molecule has 230 valence electrons. The molecule has 9 heteroatoms. The van der Waals surface area contributed by atoms with Crippen LogP contribution in [0.1, 0.15) is 44.7 Å². The van der Waals surface area contributed by atoms with Crippen molar-refractivity contribution in [2.45, 2.75) is 70.6 Å². The monoisotopic (exact) mass is 592 g/mol. The van der Waals surface area contributed by atoms with Crippen LogP contribution in [-0.4, -0.2) is 78.0 Å². The zero-order chi connectivity index (χ0) is 30.9. The summed E-state index contributed by atoms with van der Waals surface area (Å²) >= 11 is 0. The van der Waals surface area contributed by atoms with E-state index in [1.54, 1.807) is 21.9 Å². The van der Waals surface area contributed by atoms with Gasteiger partial charge in [0.05, 0.1) is 6.04 Å². The lowest BCUT2D eigenvalue weighted by Crippen LogP contribution is -2.65. The molecule has 3 amide bonds. The molecule has 43 heavy (non-hydrogen) atoms. The maximum atomic E-state index is 14.1. The molecule has 3 atom stereocenters. The van der Waals surface area contributed by atoms with Crippen LogP contribution < -0.4 is 10.6 Å². The summed E-state index contributed by atoms with van der Waals surface area (Å²) in [6, 6.07) is 17.8. The van der Waals surface area contributed by atoms with Gasteiger partial charge in [0, 0.05) is 32.1 Å². The van der Waals surface area contributed by atoms with Crippen molar-refractivity contribution in [3.63, 3.8) is 0 Å². The number of nitrogens with zero attached hydrogens (tertiary/aromatic N) is 2. The zero-order valence-corrected chi connectivity index (χ0v) is 25.2. The predicted octanol–water partition coefficient (Wildman–Crippen LogP) is 4.42. The molecule has 2 N–H and O–H groups in total. The molecule has 3 aromatic rings. The van der Waals surface area contributed by atoms with Gasteiger partial charge in [0.2, 0.25) is 17.7 Å². The number of amides is 3. The molecule has 1 saturated heterocycles. The summed E-state index contributed by atoms with van der Waals surface area (Å²) in [7, 11) is 0. The second-order valence-electron chi connectivity index (χ2n) is 11.5. The van der Waals surface area contributed by atoms with Gasteiger partial charge in [0.15, 0.2) is 0 Å². The lowest BCUT2D eigenvalue weighted by atomic mass is 9.96. The van der Waals surface area contributed by atoms with Crippen molar-refractivity contribution in [2.24, 2.45) is 0 Å². The average molecular weight is 593 g/mol. The van der Waals surface area contributed by atoms with E-state index in [9.17, 15) is 23.2 Å². The SMILES string of the molecule is CCCC1C(=O)N(C(Cc2ccc3ccccc3c2)C(=O)NCCF)CCN1C(=O)C(Cc1ccc(F)cc1)NC(C)C. The molecule has 0 aromatic heterocycles. The van der Waals surface area contributed by atoms with Crippen LogP contribution in [0.5, 0.6) is 0 Å². The molecule has 0 aliphatic carbocycles. The van der Waals surface area contributed by atoms with Gasteiger partial charge in [-0.25, -0.2) is 8.78 Å². The summed E-state index contributed by atoms with van der Waals surface area (Å²) < 4.78 is 26.5. The molecular weight excluding hydrogens is 550 g/mol. The highest BCUT2D eigenvalue weighted by molar-refractivity contribution is 5.94. The maximum Gasteiger partial charge on any atom is 0.246 e. The Hall–Kier alpha value is -3.85. The Morgan fingerprint density at radius 2 is 1.65 bits per heavy atom. The summed E-state index contributed by atoms with van der Waals surface area (Å²) in [5.41, 5.74) is 1.70. The van der Waals surface area contributed by atoms with Gasteiger partial charge >= 0.3 is 0 Å². The number of alkyl halides is 1. The summed E-state index contributed by atoms with van der Waals surface area (Å²) in [4.78, 5) is 44.7. The average Bonchev–Trinajstić information content (AvgIpc) is 3.00. The fourth-order valence-corrected chi connectivity index (χ4v) is 5.83. The third-order valence-electron chi connectivity index (χ3n) is 7.87. The van der Waals surface area contributed by atoms with Crippen molar-refractivity contribution in [3.05, 3.63) is 83.7 Å². The molecule has 1 heterocycles. The Kier molecular flexibility index (Phi) is 11.2. The largest absolute Gasteiger partial charge is 0.352 e. The number of carbonyl (C=O) groups excluding carboxylic acids is 3. The van der Waals surface area contributed by atoms with Crippen molar-refractivity contribution in [1.29, 1.82) is 0 Å². The highest BCUT2D eigenvalue weighted by Gasteiger charge is 2.43. The Morgan fingerprint density at radius 3 is 2.33 bits per heavy atom. The molecular formula is C34H42F2N4O3. The number of nitrogens with one attached hydrogen (secondary N) is 2. The summed E-state index contributed by atoms with van der Waals surface area (Å²) in [5.74, 6) is -1.24. The Bertz CT molecular complexity index is 1400. The fraction of sp³-hybridized carbons (Fsp3) is 0.441. The van der Waals surface area contributed by atoms with Crippen LogP contribution in [0.15, 0.2) is 66.7 Å². The van der Waals surface area contributed by atoms with Crippen LogP contribution in [0.3, 0.4) is 0 Å². The van der Waals surface area contributed by atoms with Gasteiger partial charge in [0.1, 0.15) is 24.6 Å². The number of rotatable bonds is 13. The summed E-state index contributed by atoms with van der Waals surface area (Å²) in [5, 5.41) is 8.06. The number of benzene rings is 3. The second-order valence-corrected chi connectivity index (χ2v) is 11.5. The maximum absolute atomic E-state index is 14.1. The normalized spacial score (nSPS) is 16.9. The Morgan fingerprint density at radius 1 is 0.953 bits per heavy atom. The van der Waals surface area contributed by atoms with E-state index in [0.29, 0.717) is 19.3 Å². The second kappa shape index (κ2) is 15.0. The Balaban J connectivity index is 1.59. The van der Waals surface area contributed by atoms with Crippen LogP contribution >= 0.6 is 0 Å². The minimum Gasteiger partial charge on any atom is -0.352 e. The number of halogens is 2. The quantitative estimate of drug-likeness (QED) is 0.308. The van der Waals surface area contributed by atoms with E-state index in [-0.39, 0.29) is 49.7 Å². The zero-order valence-electron chi connectivity index (χ0n) is 25.2. The van der Waals surface area contributed by atoms with Gasteiger partial charge in [-0.05, 0) is 46.9 Å². The third-order valence-corrected chi connectivity index (χ3v) is 7.87. The summed E-state index contributed by atoms with van der Waals surface area (Å²) in [6.45, 7) is 5.45. The first-order valence-electron chi connectivity index (χ1n) is 15.1. The van der Waals surface area contributed by atoms with E-state index in [2.05, 4.69) is 10.6 Å². The van der Waals surface area contributed by atoms with E-state index in [0.717, 1.165) is 21.9 Å². The van der Waals surface area contributed by atoms with Crippen molar-refractivity contribution in [3.8, 4) is 0 Å². The number of hydrogen-bond donors (Lipinski definition) is 2. The van der Waals surface area contributed by atoms with E-state index in [1.807, 2.05) is 63.2 Å². The first-order chi connectivity index (χ1) is 20.7. The van der Waals surface area contributed by atoms with Crippen LogP contribution in [-0.2, 0) is 27.2 Å². The van der Waals surface area contributed by atoms with Gasteiger partial charge in [0.25, 0.3) is 0 Å². The topological polar surface area (TPSA) is 81.8 Å². The van der Waals surface area contributed by atoms with E-state index in [1.165, 1.54) is 12.1 Å². The predicted molar refractivity (Wildman–Crippen MR) is 165 cm³/mol. The van der Waals surface area contributed by atoms with Crippen LogP contribution in [0.2, 0.25) is 0 Å². The van der Waals surface area contributed by atoms with Gasteiger partial charge in [-0.3, -0.25) is 14.4 Å². The van der Waals surface area contributed by atoms with E-state index >= 15 is 0 Å². The van der Waals surface area contributed by atoms with Crippen LogP contribution in [0.4, 0.5) is 8.78 Å². The molecule has 0 saturated carbocycles. The van der Waals surface area contributed by atoms with Crippen LogP contribution in [0, 0.1) is 5.82 Å². The standard InChI is InChI=1S/C34H42F2N4O3/c1-4-7-30-34(43)40(19-18-39(30)33(42)29(38-23(2)3)21-24-11-14-28(36)15-12-24)31(32(41)37-17-16-35)22-25-10-13-26-8-5-6-9-27(26)20-25/h5-6,8-15,20,23,29-31,38H,4,7,16-19,21-22H2,1-3H3,(H,37,41). The molecule has 3 aromatic carbocycles. The summed E-state index contributed by atoms with van der Waals surface area (Å²) in [6.07, 6.45) is 1.73. The van der Waals surface area contributed by atoms with Gasteiger partial charge in [-0.15, -0.1) is 0 Å². The number of carbonyl (C=O) groups is 3. The lowest BCUT2D eigenvalue weighted by Gasteiger charge is -2.44. The molecule has 0 bridgehead atoms. The van der Waals surface area contributed by atoms with Gasteiger partial charge in [-0.1, -0.05) is 81.8 Å². The minimum atomic E-state index is -0.847. The van der Waals surface area contributed by atoms with Crippen molar-refractivity contribution in [2.75, 3.05) is 26.3 Å². The molecule has 3 unspecified atom stereocenters. The fourth-order valence-electron chi connectivity index (χ4n) is 5.83. The van der Waals surface area contributed by atoms with Crippen molar-refractivity contribution >= 4 is 28.5 Å². The molecule has 1 aliphatic heterocycles. The highest BCUT2D eigenvalue weighted by Crippen LogP contribution is 2.24. The lowest BCUT2D eigenvalue weighted by molar-refractivity contribution is -0.157. The Labute approximate surface area is 252 Å². The molecule has 1 fully saturated rings. The third kappa shape index (κ3) is 8.16. The number of hydrogen-bond acceptors (Lipinski definition) is 4. The van der Waals surface area contributed by atoms with E-state index in [4.69, 9.17) is 0 Å². The van der Waals surface area contributed by atoms with Crippen molar-refractivity contribution < 1.29 is 23.2 Å². The molecule has 4 rings (SSSR count). The molecule has 0 radical (unpaired) electrons. The molecule has 7 nitrogen and oxygen atoms in total. The van der Waals surface area contributed by atoms with Crippen molar-refractivity contribution in [1.82, 2.24) is 20.4 Å². The number of fused-ring (bicyclic) bond motifs is 1.